The van der Waals surface area contributed by atoms with E-state index in [-0.39, 0.29) is 0 Å². The lowest BCUT2D eigenvalue weighted by Gasteiger charge is -2.12. The molecule has 0 heterocycles. The monoisotopic (exact) mass is 186 g/mol. The molecule has 0 aromatic carbocycles. The first-order valence-corrected chi connectivity index (χ1v) is 4.94. The molecular weight excluding hydrogens is 164 g/mol. The van der Waals surface area contributed by atoms with Crippen LogP contribution in [0.15, 0.2) is 5.16 Å². The number of likely N-dealkylation sites (N-methyl/N-ethyl adjacent to an activating group) is 1. The standard InChI is InChI=1S/C10H22N2O/c1-8(2)10(9(3)4)12-13-7-6-11-5/h8-9,11H,6-7H2,1-5H3. The van der Waals surface area contributed by atoms with Gasteiger partial charge in [0.2, 0.25) is 0 Å². The van der Waals surface area contributed by atoms with Crippen LogP contribution in [0.25, 0.3) is 0 Å². The zero-order chi connectivity index (χ0) is 10.3. The van der Waals surface area contributed by atoms with Crippen molar-refractivity contribution in [3.63, 3.8) is 0 Å². The summed E-state index contributed by atoms with van der Waals surface area (Å²) in [6.07, 6.45) is 0. The van der Waals surface area contributed by atoms with Gasteiger partial charge in [0.1, 0.15) is 6.61 Å². The molecule has 0 aliphatic carbocycles. The van der Waals surface area contributed by atoms with Crippen molar-refractivity contribution in [3.05, 3.63) is 0 Å². The van der Waals surface area contributed by atoms with Gasteiger partial charge in [0.25, 0.3) is 0 Å². The van der Waals surface area contributed by atoms with Crippen molar-refractivity contribution in [3.8, 4) is 0 Å². The third-order valence-corrected chi connectivity index (χ3v) is 1.80. The molecule has 0 saturated heterocycles. The Labute approximate surface area is 81.5 Å². The maximum absolute atomic E-state index is 5.18. The largest absolute Gasteiger partial charge is 0.394 e. The van der Waals surface area contributed by atoms with Gasteiger partial charge in [-0.3, -0.25) is 0 Å². The van der Waals surface area contributed by atoms with E-state index in [9.17, 15) is 0 Å². The van der Waals surface area contributed by atoms with Gasteiger partial charge in [-0.2, -0.15) is 0 Å². The van der Waals surface area contributed by atoms with Crippen LogP contribution in [0.5, 0.6) is 0 Å². The molecule has 3 heteroatoms. The summed E-state index contributed by atoms with van der Waals surface area (Å²) in [5.74, 6) is 0.934. The smallest absolute Gasteiger partial charge is 0.129 e. The molecule has 3 nitrogen and oxygen atoms in total. The molecule has 0 atom stereocenters. The van der Waals surface area contributed by atoms with E-state index in [1.807, 2.05) is 7.05 Å². The molecule has 0 rings (SSSR count). The Balaban J connectivity index is 3.90. The normalized spacial score (nSPS) is 10.7. The summed E-state index contributed by atoms with van der Waals surface area (Å²) in [5.41, 5.74) is 1.14. The minimum atomic E-state index is 0.467. The molecular formula is C10H22N2O. The molecule has 78 valence electrons. The molecule has 0 aromatic rings. The number of nitrogens with zero attached hydrogens (tertiary/aromatic N) is 1. The molecule has 0 amide bonds. The van der Waals surface area contributed by atoms with E-state index < -0.39 is 0 Å². The van der Waals surface area contributed by atoms with E-state index in [2.05, 4.69) is 38.2 Å². The topological polar surface area (TPSA) is 33.6 Å². The van der Waals surface area contributed by atoms with Crippen LogP contribution in [-0.4, -0.2) is 25.9 Å². The predicted octanol–water partition coefficient (Wildman–Crippen LogP) is 1.89. The molecule has 0 radical (unpaired) electrons. The third-order valence-electron chi connectivity index (χ3n) is 1.80. The van der Waals surface area contributed by atoms with E-state index in [0.29, 0.717) is 18.4 Å². The van der Waals surface area contributed by atoms with Crippen molar-refractivity contribution < 1.29 is 4.84 Å². The minimum absolute atomic E-state index is 0.467. The van der Waals surface area contributed by atoms with Crippen LogP contribution in [0.1, 0.15) is 27.7 Å². The average molecular weight is 186 g/mol. The molecule has 0 spiro atoms. The summed E-state index contributed by atoms with van der Waals surface area (Å²) in [5, 5.41) is 7.14. The number of rotatable bonds is 6. The fourth-order valence-corrected chi connectivity index (χ4v) is 1.15. The van der Waals surface area contributed by atoms with Crippen LogP contribution >= 0.6 is 0 Å². The second-order valence-electron chi connectivity index (χ2n) is 3.76. The molecule has 1 N–H and O–H groups in total. The molecule has 0 aliphatic heterocycles. The summed E-state index contributed by atoms with van der Waals surface area (Å²) in [4.78, 5) is 5.18. The van der Waals surface area contributed by atoms with Crippen molar-refractivity contribution in [2.24, 2.45) is 17.0 Å². The van der Waals surface area contributed by atoms with E-state index >= 15 is 0 Å². The van der Waals surface area contributed by atoms with Crippen LogP contribution in [0, 0.1) is 11.8 Å². The molecule has 0 fully saturated rings. The second-order valence-corrected chi connectivity index (χ2v) is 3.76. The molecule has 13 heavy (non-hydrogen) atoms. The fraction of sp³-hybridized carbons (Fsp3) is 0.900. The van der Waals surface area contributed by atoms with Crippen molar-refractivity contribution >= 4 is 5.71 Å². The van der Waals surface area contributed by atoms with Gasteiger partial charge in [0, 0.05) is 6.54 Å². The number of hydrogen-bond acceptors (Lipinski definition) is 3. The maximum Gasteiger partial charge on any atom is 0.129 e. The molecule has 0 bridgehead atoms. The van der Waals surface area contributed by atoms with Crippen LogP contribution in [0.3, 0.4) is 0 Å². The van der Waals surface area contributed by atoms with Gasteiger partial charge in [0.05, 0.1) is 5.71 Å². The first-order chi connectivity index (χ1) is 6.09. The van der Waals surface area contributed by atoms with Crippen molar-refractivity contribution in [1.82, 2.24) is 5.32 Å². The highest BCUT2D eigenvalue weighted by Crippen LogP contribution is 2.07. The van der Waals surface area contributed by atoms with Crippen molar-refractivity contribution in [1.29, 1.82) is 0 Å². The molecule has 0 saturated carbocycles. The average Bonchev–Trinajstić information content (AvgIpc) is 2.02. The Morgan fingerprint density at radius 3 is 2.15 bits per heavy atom. The van der Waals surface area contributed by atoms with E-state index in [1.54, 1.807) is 0 Å². The Morgan fingerprint density at radius 1 is 1.23 bits per heavy atom. The van der Waals surface area contributed by atoms with Crippen molar-refractivity contribution in [2.45, 2.75) is 27.7 Å². The van der Waals surface area contributed by atoms with Crippen LogP contribution in [-0.2, 0) is 4.84 Å². The van der Waals surface area contributed by atoms with E-state index in [4.69, 9.17) is 4.84 Å². The zero-order valence-electron chi connectivity index (χ0n) is 9.42. The highest BCUT2D eigenvalue weighted by atomic mass is 16.6. The summed E-state index contributed by atoms with van der Waals surface area (Å²) in [6, 6.07) is 0. The highest BCUT2D eigenvalue weighted by Gasteiger charge is 2.10. The van der Waals surface area contributed by atoms with Gasteiger partial charge in [-0.05, 0) is 18.9 Å². The zero-order valence-corrected chi connectivity index (χ0v) is 9.42. The van der Waals surface area contributed by atoms with Gasteiger partial charge < -0.3 is 10.2 Å². The minimum Gasteiger partial charge on any atom is -0.394 e. The Kier molecular flexibility index (Phi) is 6.59. The third kappa shape index (κ3) is 5.64. The van der Waals surface area contributed by atoms with Crippen LogP contribution in [0.4, 0.5) is 0 Å². The fourth-order valence-electron chi connectivity index (χ4n) is 1.15. The van der Waals surface area contributed by atoms with Crippen LogP contribution < -0.4 is 5.32 Å². The first kappa shape index (κ1) is 12.4. The number of oxime groups is 1. The van der Waals surface area contributed by atoms with Gasteiger partial charge in [-0.1, -0.05) is 32.9 Å². The highest BCUT2D eigenvalue weighted by molar-refractivity contribution is 5.87. The number of hydrogen-bond donors (Lipinski definition) is 1. The molecule has 0 unspecified atom stereocenters. The van der Waals surface area contributed by atoms with Crippen LogP contribution in [0.2, 0.25) is 0 Å². The molecule has 0 aromatic heterocycles. The van der Waals surface area contributed by atoms with Gasteiger partial charge in [-0.15, -0.1) is 0 Å². The Morgan fingerprint density at radius 2 is 1.77 bits per heavy atom. The van der Waals surface area contributed by atoms with Gasteiger partial charge in [-0.25, -0.2) is 0 Å². The van der Waals surface area contributed by atoms with E-state index in [0.717, 1.165) is 12.3 Å². The Bertz CT molecular complexity index is 143. The lowest BCUT2D eigenvalue weighted by atomic mass is 9.98. The lowest BCUT2D eigenvalue weighted by molar-refractivity contribution is 0.144. The second kappa shape index (κ2) is 6.89. The summed E-state index contributed by atoms with van der Waals surface area (Å²) >= 11 is 0. The predicted molar refractivity (Wildman–Crippen MR) is 57.0 cm³/mol. The first-order valence-electron chi connectivity index (χ1n) is 4.94. The van der Waals surface area contributed by atoms with E-state index in [1.165, 1.54) is 0 Å². The number of nitrogens with one attached hydrogen (secondary N) is 1. The summed E-state index contributed by atoms with van der Waals surface area (Å²) < 4.78 is 0. The summed E-state index contributed by atoms with van der Waals surface area (Å²) in [7, 11) is 1.90. The lowest BCUT2D eigenvalue weighted by Crippen LogP contribution is -2.17. The maximum atomic E-state index is 5.18. The van der Waals surface area contributed by atoms with Gasteiger partial charge >= 0.3 is 0 Å². The quantitative estimate of drug-likeness (QED) is 0.390. The Hall–Kier alpha value is -0.570. The molecule has 0 aliphatic rings. The summed E-state index contributed by atoms with van der Waals surface area (Å²) in [6.45, 7) is 10.0. The van der Waals surface area contributed by atoms with Gasteiger partial charge in [0.15, 0.2) is 0 Å². The SMILES string of the molecule is CNCCON=C(C(C)C)C(C)C. The van der Waals surface area contributed by atoms with Crippen molar-refractivity contribution in [2.75, 3.05) is 20.2 Å².